The van der Waals surface area contributed by atoms with E-state index in [-0.39, 0.29) is 29.8 Å². The van der Waals surface area contributed by atoms with Crippen molar-refractivity contribution < 1.29 is 32.4 Å². The molecule has 2 aromatic carbocycles. The molecule has 30 heavy (non-hydrogen) atoms. The summed E-state index contributed by atoms with van der Waals surface area (Å²) in [6.07, 6.45) is -4.94. The normalized spacial score (nSPS) is 12.1. The van der Waals surface area contributed by atoms with Crippen LogP contribution < -0.4 is 15.8 Å². The number of nitro benzene ring substituents is 1. The molecule has 0 aliphatic heterocycles. The number of carbonyl (C=O) groups excluding carboxylic acids is 2. The van der Waals surface area contributed by atoms with Gasteiger partial charge in [0.15, 0.2) is 0 Å². The third-order valence-corrected chi connectivity index (χ3v) is 4.22. The fraction of sp³-hybridized carbons (Fsp3) is 0.263. The molecule has 0 fully saturated rings. The van der Waals surface area contributed by atoms with E-state index in [1.54, 1.807) is 0 Å². The standard InChI is InChI=1S/C19H18F3N3O5/c1-30-16-7-6-14(25(28)29)9-12(16)10-15(18(23)27)24-17(26)8-11-2-4-13(5-3-11)19(20,21)22/h2-7,9,15H,8,10H2,1H3,(H2,23,27)(H,24,26)/t15-/m0/s1. The van der Waals surface area contributed by atoms with Gasteiger partial charge in [-0.1, -0.05) is 12.1 Å². The van der Waals surface area contributed by atoms with Crippen LogP contribution in [0.1, 0.15) is 16.7 Å². The number of nitrogens with zero attached hydrogens (tertiary/aromatic N) is 1. The van der Waals surface area contributed by atoms with Crippen LogP contribution in [0.15, 0.2) is 42.5 Å². The van der Waals surface area contributed by atoms with Gasteiger partial charge in [0, 0.05) is 24.1 Å². The Bertz CT molecular complexity index is 945. The molecule has 3 N–H and O–H groups in total. The number of methoxy groups -OCH3 is 1. The van der Waals surface area contributed by atoms with Gasteiger partial charge in [0.2, 0.25) is 11.8 Å². The van der Waals surface area contributed by atoms with Gasteiger partial charge < -0.3 is 15.8 Å². The van der Waals surface area contributed by atoms with Gasteiger partial charge in [-0.3, -0.25) is 19.7 Å². The summed E-state index contributed by atoms with van der Waals surface area (Å²) < 4.78 is 42.9. The van der Waals surface area contributed by atoms with Crippen LogP contribution in [0, 0.1) is 10.1 Å². The molecule has 0 aliphatic carbocycles. The number of nitro groups is 1. The van der Waals surface area contributed by atoms with E-state index in [4.69, 9.17) is 10.5 Å². The molecule has 0 aliphatic rings. The first-order valence-electron chi connectivity index (χ1n) is 8.57. The lowest BCUT2D eigenvalue weighted by molar-refractivity contribution is -0.384. The first kappa shape index (κ1) is 22.7. The minimum Gasteiger partial charge on any atom is -0.496 e. The van der Waals surface area contributed by atoms with Crippen LogP contribution in [0.5, 0.6) is 5.75 Å². The lowest BCUT2D eigenvalue weighted by Crippen LogP contribution is -2.46. The molecule has 1 atom stereocenters. The van der Waals surface area contributed by atoms with Crippen molar-refractivity contribution in [1.29, 1.82) is 0 Å². The lowest BCUT2D eigenvalue weighted by Gasteiger charge is -2.17. The molecule has 8 nitrogen and oxygen atoms in total. The van der Waals surface area contributed by atoms with Crippen molar-refractivity contribution in [1.82, 2.24) is 5.32 Å². The SMILES string of the molecule is COc1ccc([N+](=O)[O-])cc1C[C@H](NC(=O)Cc1ccc(C(F)(F)F)cc1)C(N)=O. The van der Waals surface area contributed by atoms with Crippen LogP contribution in [0.3, 0.4) is 0 Å². The van der Waals surface area contributed by atoms with E-state index in [0.717, 1.165) is 24.3 Å². The van der Waals surface area contributed by atoms with Gasteiger partial charge in [-0.2, -0.15) is 13.2 Å². The summed E-state index contributed by atoms with van der Waals surface area (Å²) in [6, 6.07) is 6.60. The zero-order valence-corrected chi connectivity index (χ0v) is 15.7. The maximum Gasteiger partial charge on any atom is 0.416 e. The van der Waals surface area contributed by atoms with Crippen LogP contribution in [-0.4, -0.2) is 29.9 Å². The summed E-state index contributed by atoms with van der Waals surface area (Å²) in [4.78, 5) is 34.4. The largest absolute Gasteiger partial charge is 0.496 e. The highest BCUT2D eigenvalue weighted by molar-refractivity contribution is 5.87. The molecule has 0 saturated heterocycles. The predicted molar refractivity (Wildman–Crippen MR) is 99.6 cm³/mol. The molecule has 11 heteroatoms. The van der Waals surface area contributed by atoms with Crippen LogP contribution in [0.25, 0.3) is 0 Å². The van der Waals surface area contributed by atoms with Gasteiger partial charge in [-0.05, 0) is 23.8 Å². The molecule has 0 bridgehead atoms. The average molecular weight is 425 g/mol. The summed E-state index contributed by atoms with van der Waals surface area (Å²) >= 11 is 0. The maximum atomic E-state index is 12.6. The molecule has 2 aromatic rings. The molecule has 2 amide bonds. The molecule has 0 unspecified atom stereocenters. The van der Waals surface area contributed by atoms with E-state index in [1.165, 1.54) is 25.3 Å². The highest BCUT2D eigenvalue weighted by atomic mass is 19.4. The Kier molecular flexibility index (Phi) is 6.98. The third-order valence-electron chi connectivity index (χ3n) is 4.22. The zero-order valence-electron chi connectivity index (χ0n) is 15.7. The molecule has 0 aromatic heterocycles. The van der Waals surface area contributed by atoms with Crippen LogP contribution in [-0.2, 0) is 28.6 Å². The number of rotatable bonds is 8. The number of alkyl halides is 3. The number of hydrogen-bond donors (Lipinski definition) is 2. The summed E-state index contributed by atoms with van der Waals surface area (Å²) in [7, 11) is 1.34. The fourth-order valence-corrected chi connectivity index (χ4v) is 2.72. The van der Waals surface area contributed by atoms with E-state index in [9.17, 15) is 32.9 Å². The number of primary amides is 1. The highest BCUT2D eigenvalue weighted by Crippen LogP contribution is 2.29. The van der Waals surface area contributed by atoms with Crippen molar-refractivity contribution in [3.63, 3.8) is 0 Å². The highest BCUT2D eigenvalue weighted by Gasteiger charge is 2.30. The van der Waals surface area contributed by atoms with E-state index in [2.05, 4.69) is 5.32 Å². The van der Waals surface area contributed by atoms with E-state index >= 15 is 0 Å². The van der Waals surface area contributed by atoms with E-state index < -0.39 is 34.5 Å². The van der Waals surface area contributed by atoms with Crippen molar-refractivity contribution >= 4 is 17.5 Å². The summed E-state index contributed by atoms with van der Waals surface area (Å²) in [5.74, 6) is -1.27. The number of carbonyl (C=O) groups is 2. The Labute approximate surface area is 169 Å². The molecule has 0 heterocycles. The molecular weight excluding hydrogens is 407 g/mol. The van der Waals surface area contributed by atoms with Gasteiger partial charge in [-0.15, -0.1) is 0 Å². The van der Waals surface area contributed by atoms with Gasteiger partial charge in [0.05, 0.1) is 24.0 Å². The number of ether oxygens (including phenoxy) is 1. The van der Waals surface area contributed by atoms with E-state index in [0.29, 0.717) is 5.56 Å². The van der Waals surface area contributed by atoms with Crippen LogP contribution >= 0.6 is 0 Å². The Morgan fingerprint density at radius 3 is 2.33 bits per heavy atom. The average Bonchev–Trinajstić information content (AvgIpc) is 2.66. The van der Waals surface area contributed by atoms with Crippen molar-refractivity contribution in [2.24, 2.45) is 5.73 Å². The summed E-state index contributed by atoms with van der Waals surface area (Å²) in [5, 5.41) is 13.4. The number of halogens is 3. The first-order valence-corrected chi connectivity index (χ1v) is 8.57. The quantitative estimate of drug-likeness (QED) is 0.496. The minimum atomic E-state index is -4.49. The Hall–Kier alpha value is -3.63. The van der Waals surface area contributed by atoms with Crippen molar-refractivity contribution in [2.45, 2.75) is 25.1 Å². The second-order valence-electron chi connectivity index (χ2n) is 6.35. The van der Waals surface area contributed by atoms with Gasteiger partial charge in [-0.25, -0.2) is 0 Å². The topological polar surface area (TPSA) is 125 Å². The lowest BCUT2D eigenvalue weighted by atomic mass is 10.0. The number of non-ortho nitro benzene ring substituents is 1. The molecule has 160 valence electrons. The minimum absolute atomic E-state index is 0.168. The number of nitrogens with two attached hydrogens (primary N) is 1. The number of hydrogen-bond acceptors (Lipinski definition) is 5. The van der Waals surface area contributed by atoms with Crippen molar-refractivity contribution in [2.75, 3.05) is 7.11 Å². The fourth-order valence-electron chi connectivity index (χ4n) is 2.72. The van der Waals surface area contributed by atoms with Gasteiger partial charge in [0.25, 0.3) is 5.69 Å². The summed E-state index contributed by atoms with van der Waals surface area (Å²) in [5.41, 5.74) is 4.84. The number of benzene rings is 2. The second-order valence-corrected chi connectivity index (χ2v) is 6.35. The monoisotopic (exact) mass is 425 g/mol. The molecule has 0 radical (unpaired) electrons. The maximum absolute atomic E-state index is 12.6. The molecule has 0 saturated carbocycles. The van der Waals surface area contributed by atoms with Gasteiger partial charge in [0.1, 0.15) is 11.8 Å². The predicted octanol–water partition coefficient (Wildman–Crippen LogP) is 2.38. The third kappa shape index (κ3) is 5.93. The first-order chi connectivity index (χ1) is 14.0. The molecule has 0 spiro atoms. The van der Waals surface area contributed by atoms with Crippen LogP contribution in [0.4, 0.5) is 18.9 Å². The molecular formula is C19H18F3N3O5. The number of amides is 2. The van der Waals surface area contributed by atoms with Crippen LogP contribution in [0.2, 0.25) is 0 Å². The van der Waals surface area contributed by atoms with E-state index in [1.807, 2.05) is 0 Å². The Balaban J connectivity index is 2.12. The van der Waals surface area contributed by atoms with Crippen molar-refractivity contribution in [3.05, 3.63) is 69.3 Å². The molecule has 2 rings (SSSR count). The smallest absolute Gasteiger partial charge is 0.416 e. The second kappa shape index (κ2) is 9.25. The Morgan fingerprint density at radius 2 is 1.83 bits per heavy atom. The Morgan fingerprint density at radius 1 is 1.20 bits per heavy atom. The van der Waals surface area contributed by atoms with Crippen molar-refractivity contribution in [3.8, 4) is 5.75 Å². The summed E-state index contributed by atoms with van der Waals surface area (Å²) in [6.45, 7) is 0. The zero-order chi connectivity index (χ0) is 22.5. The van der Waals surface area contributed by atoms with Gasteiger partial charge >= 0.3 is 6.18 Å². The number of nitrogens with one attached hydrogen (secondary N) is 1.